The molecular formula is C19H27N3. The van der Waals surface area contributed by atoms with Crippen molar-refractivity contribution >= 4 is 0 Å². The van der Waals surface area contributed by atoms with Crippen LogP contribution in [0.15, 0.2) is 48.7 Å². The van der Waals surface area contributed by atoms with E-state index >= 15 is 0 Å². The smallest absolute Gasteiger partial charge is 0.0361 e. The Labute approximate surface area is 133 Å². The minimum atomic E-state index is 0.636. The highest BCUT2D eigenvalue weighted by molar-refractivity contribution is 5.14. The van der Waals surface area contributed by atoms with Crippen molar-refractivity contribution in [3.63, 3.8) is 0 Å². The van der Waals surface area contributed by atoms with Gasteiger partial charge in [0.15, 0.2) is 0 Å². The fraction of sp³-hybridized carbons (Fsp3) is 0.474. The summed E-state index contributed by atoms with van der Waals surface area (Å²) in [6.07, 6.45) is 4.58. The molecule has 118 valence electrons. The first-order valence-electron chi connectivity index (χ1n) is 8.34. The van der Waals surface area contributed by atoms with Gasteiger partial charge >= 0.3 is 0 Å². The standard InChI is InChI=1S/C19H27N3/c1-16-13-18(20-14-19-9-6-11-21(19)2)10-12-22(16)15-17-7-4-3-5-8-17/h3-9,11,16,18,20H,10,12-15H2,1-2H3. The number of rotatable bonds is 5. The van der Waals surface area contributed by atoms with Crippen LogP contribution in [0.5, 0.6) is 0 Å². The van der Waals surface area contributed by atoms with Crippen molar-refractivity contribution < 1.29 is 0 Å². The van der Waals surface area contributed by atoms with Gasteiger partial charge < -0.3 is 9.88 Å². The van der Waals surface area contributed by atoms with Crippen molar-refractivity contribution in [2.45, 2.75) is 44.9 Å². The van der Waals surface area contributed by atoms with Crippen molar-refractivity contribution in [1.29, 1.82) is 0 Å². The van der Waals surface area contributed by atoms with Crippen LogP contribution in [0.3, 0.4) is 0 Å². The second kappa shape index (κ2) is 7.12. The van der Waals surface area contributed by atoms with Gasteiger partial charge in [-0.05, 0) is 37.5 Å². The minimum absolute atomic E-state index is 0.636. The van der Waals surface area contributed by atoms with Gasteiger partial charge in [0.25, 0.3) is 0 Å². The second-order valence-electron chi connectivity index (χ2n) is 6.52. The predicted octanol–water partition coefficient (Wildman–Crippen LogP) is 3.17. The molecule has 1 saturated heterocycles. The van der Waals surface area contributed by atoms with E-state index in [4.69, 9.17) is 0 Å². The molecule has 0 radical (unpaired) electrons. The van der Waals surface area contributed by atoms with E-state index in [1.54, 1.807) is 0 Å². The van der Waals surface area contributed by atoms with Crippen LogP contribution in [0.2, 0.25) is 0 Å². The van der Waals surface area contributed by atoms with Crippen LogP contribution in [-0.2, 0) is 20.1 Å². The summed E-state index contributed by atoms with van der Waals surface area (Å²) in [7, 11) is 2.11. The molecule has 3 nitrogen and oxygen atoms in total. The normalized spacial score (nSPS) is 22.8. The molecule has 1 N–H and O–H groups in total. The van der Waals surface area contributed by atoms with Gasteiger partial charge in [-0.25, -0.2) is 0 Å². The molecule has 1 aromatic carbocycles. The number of aryl methyl sites for hydroxylation is 1. The van der Waals surface area contributed by atoms with Gasteiger partial charge in [0.2, 0.25) is 0 Å². The van der Waals surface area contributed by atoms with Crippen LogP contribution in [0.1, 0.15) is 31.0 Å². The molecule has 2 atom stereocenters. The molecule has 0 bridgehead atoms. The Morgan fingerprint density at radius 1 is 1.14 bits per heavy atom. The quantitative estimate of drug-likeness (QED) is 0.915. The van der Waals surface area contributed by atoms with Gasteiger partial charge in [-0.2, -0.15) is 0 Å². The maximum Gasteiger partial charge on any atom is 0.0361 e. The molecule has 2 heterocycles. The van der Waals surface area contributed by atoms with E-state index in [1.807, 2.05) is 0 Å². The summed E-state index contributed by atoms with van der Waals surface area (Å²) in [6, 6.07) is 16.4. The Balaban J connectivity index is 1.48. The van der Waals surface area contributed by atoms with E-state index in [9.17, 15) is 0 Å². The van der Waals surface area contributed by atoms with Gasteiger partial charge in [0.05, 0.1) is 0 Å². The summed E-state index contributed by atoms with van der Waals surface area (Å²) in [5, 5.41) is 3.73. The van der Waals surface area contributed by atoms with Gasteiger partial charge in [0.1, 0.15) is 0 Å². The maximum atomic E-state index is 3.73. The van der Waals surface area contributed by atoms with E-state index in [0.29, 0.717) is 12.1 Å². The van der Waals surface area contributed by atoms with Crippen molar-refractivity contribution in [2.75, 3.05) is 6.54 Å². The number of aromatic nitrogens is 1. The van der Waals surface area contributed by atoms with Gasteiger partial charge in [-0.1, -0.05) is 30.3 Å². The van der Waals surface area contributed by atoms with E-state index < -0.39 is 0 Å². The fourth-order valence-electron chi connectivity index (χ4n) is 3.39. The topological polar surface area (TPSA) is 20.2 Å². The largest absolute Gasteiger partial charge is 0.353 e. The van der Waals surface area contributed by atoms with Gasteiger partial charge in [-0.15, -0.1) is 0 Å². The number of piperidine rings is 1. The SMILES string of the molecule is CC1CC(NCc2cccn2C)CCN1Cc1ccccc1. The number of nitrogens with one attached hydrogen (secondary N) is 1. The average Bonchev–Trinajstić information content (AvgIpc) is 2.94. The predicted molar refractivity (Wildman–Crippen MR) is 91.6 cm³/mol. The number of hydrogen-bond donors (Lipinski definition) is 1. The molecule has 0 aliphatic carbocycles. The summed E-state index contributed by atoms with van der Waals surface area (Å²) in [6.45, 7) is 5.59. The van der Waals surface area contributed by atoms with Crippen LogP contribution < -0.4 is 5.32 Å². The number of likely N-dealkylation sites (tertiary alicyclic amines) is 1. The molecule has 0 spiro atoms. The lowest BCUT2D eigenvalue weighted by atomic mass is 9.97. The fourth-order valence-corrected chi connectivity index (χ4v) is 3.39. The molecule has 1 fully saturated rings. The Bertz CT molecular complexity index is 575. The van der Waals surface area contributed by atoms with E-state index in [1.165, 1.54) is 30.6 Å². The lowest BCUT2D eigenvalue weighted by molar-refractivity contribution is 0.128. The maximum absolute atomic E-state index is 3.73. The summed E-state index contributed by atoms with van der Waals surface area (Å²) in [4.78, 5) is 2.61. The zero-order chi connectivity index (χ0) is 15.4. The Morgan fingerprint density at radius 2 is 1.95 bits per heavy atom. The zero-order valence-corrected chi connectivity index (χ0v) is 13.7. The summed E-state index contributed by atoms with van der Waals surface area (Å²) in [5.74, 6) is 0. The van der Waals surface area contributed by atoms with Crippen LogP contribution >= 0.6 is 0 Å². The molecule has 3 heteroatoms. The molecule has 0 saturated carbocycles. The summed E-state index contributed by atoms with van der Waals surface area (Å²) < 4.78 is 2.20. The molecule has 3 rings (SSSR count). The van der Waals surface area contributed by atoms with Crippen LogP contribution in [0, 0.1) is 0 Å². The molecule has 0 amide bonds. The molecule has 1 aromatic heterocycles. The lowest BCUT2D eigenvalue weighted by Crippen LogP contribution is -2.46. The first kappa shape index (κ1) is 15.3. The summed E-state index contributed by atoms with van der Waals surface area (Å²) >= 11 is 0. The zero-order valence-electron chi connectivity index (χ0n) is 13.7. The van der Waals surface area contributed by atoms with Crippen molar-refractivity contribution in [3.8, 4) is 0 Å². The second-order valence-corrected chi connectivity index (χ2v) is 6.52. The van der Waals surface area contributed by atoms with E-state index in [2.05, 4.69) is 77.4 Å². The third kappa shape index (κ3) is 3.79. The Morgan fingerprint density at radius 3 is 2.64 bits per heavy atom. The molecule has 2 unspecified atom stereocenters. The first-order valence-corrected chi connectivity index (χ1v) is 8.34. The van der Waals surface area contributed by atoms with Gasteiger partial charge in [-0.3, -0.25) is 4.90 Å². The van der Waals surface area contributed by atoms with Crippen LogP contribution in [0.4, 0.5) is 0 Å². The van der Waals surface area contributed by atoms with Crippen LogP contribution in [-0.4, -0.2) is 28.1 Å². The van der Waals surface area contributed by atoms with Crippen molar-refractivity contribution in [2.24, 2.45) is 7.05 Å². The highest BCUT2D eigenvalue weighted by atomic mass is 15.2. The Hall–Kier alpha value is -1.58. The highest BCUT2D eigenvalue weighted by Crippen LogP contribution is 2.20. The summed E-state index contributed by atoms with van der Waals surface area (Å²) in [5.41, 5.74) is 2.78. The highest BCUT2D eigenvalue weighted by Gasteiger charge is 2.25. The number of benzene rings is 1. The minimum Gasteiger partial charge on any atom is -0.353 e. The van der Waals surface area contributed by atoms with E-state index in [-0.39, 0.29) is 0 Å². The Kier molecular flexibility index (Phi) is 4.96. The molecule has 1 aliphatic rings. The first-order chi connectivity index (χ1) is 10.7. The average molecular weight is 297 g/mol. The molecule has 1 aliphatic heterocycles. The van der Waals surface area contributed by atoms with E-state index in [0.717, 1.165) is 13.1 Å². The lowest BCUT2D eigenvalue weighted by Gasteiger charge is -2.38. The van der Waals surface area contributed by atoms with Crippen molar-refractivity contribution in [3.05, 3.63) is 59.9 Å². The van der Waals surface area contributed by atoms with Crippen molar-refractivity contribution in [1.82, 2.24) is 14.8 Å². The van der Waals surface area contributed by atoms with Crippen LogP contribution in [0.25, 0.3) is 0 Å². The molecular weight excluding hydrogens is 270 g/mol. The monoisotopic (exact) mass is 297 g/mol. The third-order valence-corrected chi connectivity index (χ3v) is 4.87. The molecule has 2 aromatic rings. The molecule has 22 heavy (non-hydrogen) atoms. The third-order valence-electron chi connectivity index (χ3n) is 4.87. The number of hydrogen-bond acceptors (Lipinski definition) is 2. The number of nitrogens with zero attached hydrogens (tertiary/aromatic N) is 2. The van der Waals surface area contributed by atoms with Gasteiger partial charge in [0, 0.05) is 50.7 Å².